The highest BCUT2D eigenvalue weighted by molar-refractivity contribution is 5.31. The quantitative estimate of drug-likeness (QED) is 0.928. The fourth-order valence-electron chi connectivity index (χ4n) is 3.23. The minimum atomic E-state index is 0.289. The van der Waals surface area contributed by atoms with Gasteiger partial charge >= 0.3 is 0 Å². The van der Waals surface area contributed by atoms with E-state index in [0.29, 0.717) is 5.92 Å². The van der Waals surface area contributed by atoms with Crippen LogP contribution in [0.5, 0.6) is 0 Å². The summed E-state index contributed by atoms with van der Waals surface area (Å²) in [6.07, 6.45) is 7.48. The van der Waals surface area contributed by atoms with Crippen LogP contribution in [0.15, 0.2) is 36.7 Å². The van der Waals surface area contributed by atoms with Crippen LogP contribution >= 0.6 is 0 Å². The Morgan fingerprint density at radius 2 is 2.15 bits per heavy atom. The maximum atomic E-state index is 4.65. The molecule has 1 aliphatic rings. The number of pyridine rings is 2. The van der Waals surface area contributed by atoms with Crippen molar-refractivity contribution in [2.75, 3.05) is 7.05 Å². The van der Waals surface area contributed by atoms with Gasteiger partial charge in [-0.15, -0.1) is 0 Å². The Bertz CT molecular complexity index is 577. The number of rotatable bonds is 3. The Balaban J connectivity index is 1.96. The highest BCUT2D eigenvalue weighted by Gasteiger charge is 2.29. The van der Waals surface area contributed by atoms with Crippen LogP contribution in [0.3, 0.4) is 0 Å². The molecular weight excluding hydrogens is 246 g/mol. The molecule has 2 aromatic rings. The lowest BCUT2D eigenvalue weighted by Crippen LogP contribution is -2.27. The summed E-state index contributed by atoms with van der Waals surface area (Å²) < 4.78 is 0. The molecular formula is C17H21N3. The van der Waals surface area contributed by atoms with Crippen molar-refractivity contribution in [2.45, 2.75) is 38.1 Å². The monoisotopic (exact) mass is 267 g/mol. The number of nitrogens with zero attached hydrogens (tertiary/aromatic N) is 2. The van der Waals surface area contributed by atoms with E-state index in [1.807, 2.05) is 32.4 Å². The first kappa shape index (κ1) is 13.3. The van der Waals surface area contributed by atoms with Gasteiger partial charge in [0.2, 0.25) is 0 Å². The second-order valence-corrected chi connectivity index (χ2v) is 5.55. The molecule has 0 aromatic carbocycles. The van der Waals surface area contributed by atoms with Crippen LogP contribution in [0.2, 0.25) is 0 Å². The molecule has 20 heavy (non-hydrogen) atoms. The molecule has 0 fully saturated rings. The summed E-state index contributed by atoms with van der Waals surface area (Å²) >= 11 is 0. The van der Waals surface area contributed by atoms with Crippen LogP contribution in [0.25, 0.3) is 0 Å². The Kier molecular flexibility index (Phi) is 3.79. The SMILES string of the molecule is CNC(c1ccc(C)nc1)C1CCCc2cccnc21. The Labute approximate surface area is 120 Å². The molecule has 2 aromatic heterocycles. The van der Waals surface area contributed by atoms with E-state index in [2.05, 4.69) is 33.5 Å². The molecule has 0 radical (unpaired) electrons. The van der Waals surface area contributed by atoms with Crippen LogP contribution in [0, 0.1) is 6.92 Å². The number of aromatic nitrogens is 2. The van der Waals surface area contributed by atoms with Gasteiger partial charge in [-0.05, 0) is 56.5 Å². The number of nitrogens with one attached hydrogen (secondary N) is 1. The molecule has 2 atom stereocenters. The summed E-state index contributed by atoms with van der Waals surface area (Å²) in [7, 11) is 2.03. The van der Waals surface area contributed by atoms with Crippen LogP contribution in [-0.4, -0.2) is 17.0 Å². The van der Waals surface area contributed by atoms with E-state index >= 15 is 0 Å². The first-order chi connectivity index (χ1) is 9.79. The fraction of sp³-hybridized carbons (Fsp3) is 0.412. The third-order valence-corrected chi connectivity index (χ3v) is 4.25. The second-order valence-electron chi connectivity index (χ2n) is 5.55. The van der Waals surface area contributed by atoms with E-state index in [1.165, 1.54) is 29.7 Å². The Hall–Kier alpha value is -1.74. The maximum absolute atomic E-state index is 4.65. The summed E-state index contributed by atoms with van der Waals surface area (Å²) in [6.45, 7) is 2.02. The zero-order valence-electron chi connectivity index (χ0n) is 12.1. The zero-order valence-corrected chi connectivity index (χ0v) is 12.1. The van der Waals surface area contributed by atoms with Gasteiger partial charge in [-0.2, -0.15) is 0 Å². The van der Waals surface area contributed by atoms with Gasteiger partial charge in [-0.3, -0.25) is 9.97 Å². The van der Waals surface area contributed by atoms with E-state index in [9.17, 15) is 0 Å². The van der Waals surface area contributed by atoms with Crippen molar-refractivity contribution in [2.24, 2.45) is 0 Å². The molecule has 0 saturated carbocycles. The molecule has 0 spiro atoms. The molecule has 2 unspecified atom stereocenters. The summed E-state index contributed by atoms with van der Waals surface area (Å²) in [4.78, 5) is 9.09. The normalized spacial score (nSPS) is 19.4. The smallest absolute Gasteiger partial charge is 0.0485 e. The van der Waals surface area contributed by atoms with E-state index in [4.69, 9.17) is 0 Å². The highest BCUT2D eigenvalue weighted by atomic mass is 14.9. The van der Waals surface area contributed by atoms with E-state index in [-0.39, 0.29) is 6.04 Å². The van der Waals surface area contributed by atoms with Crippen molar-refractivity contribution in [3.63, 3.8) is 0 Å². The number of hydrogen-bond donors (Lipinski definition) is 1. The lowest BCUT2D eigenvalue weighted by molar-refractivity contribution is 0.415. The van der Waals surface area contributed by atoms with E-state index < -0.39 is 0 Å². The van der Waals surface area contributed by atoms with Crippen molar-refractivity contribution in [1.29, 1.82) is 0 Å². The summed E-state index contributed by atoms with van der Waals surface area (Å²) in [5.41, 5.74) is 4.98. The predicted molar refractivity (Wildman–Crippen MR) is 80.7 cm³/mol. The third-order valence-electron chi connectivity index (χ3n) is 4.25. The number of aryl methyl sites for hydroxylation is 2. The van der Waals surface area contributed by atoms with Gasteiger partial charge in [0.25, 0.3) is 0 Å². The molecule has 3 rings (SSSR count). The topological polar surface area (TPSA) is 37.8 Å². The van der Waals surface area contributed by atoms with Crippen LogP contribution in [0.1, 0.15) is 47.3 Å². The molecule has 0 aliphatic heterocycles. The van der Waals surface area contributed by atoms with E-state index in [1.54, 1.807) is 0 Å². The average Bonchev–Trinajstić information content (AvgIpc) is 2.50. The molecule has 3 nitrogen and oxygen atoms in total. The number of fused-ring (bicyclic) bond motifs is 1. The van der Waals surface area contributed by atoms with Crippen LogP contribution in [0.4, 0.5) is 0 Å². The fourth-order valence-corrected chi connectivity index (χ4v) is 3.23. The van der Waals surface area contributed by atoms with Gasteiger partial charge < -0.3 is 5.32 Å². The van der Waals surface area contributed by atoms with Crippen molar-refractivity contribution >= 4 is 0 Å². The number of likely N-dealkylation sites (N-methyl/N-ethyl adjacent to an activating group) is 1. The van der Waals surface area contributed by atoms with Crippen molar-refractivity contribution < 1.29 is 0 Å². The third kappa shape index (κ3) is 2.46. The first-order valence-corrected chi connectivity index (χ1v) is 7.33. The van der Waals surface area contributed by atoms with Crippen molar-refractivity contribution in [1.82, 2.24) is 15.3 Å². The van der Waals surface area contributed by atoms with Gasteiger partial charge in [-0.25, -0.2) is 0 Å². The lowest BCUT2D eigenvalue weighted by atomic mass is 9.80. The second kappa shape index (κ2) is 5.71. The van der Waals surface area contributed by atoms with Gasteiger partial charge in [0.15, 0.2) is 0 Å². The minimum Gasteiger partial charge on any atom is -0.312 e. The maximum Gasteiger partial charge on any atom is 0.0485 e. The van der Waals surface area contributed by atoms with Crippen LogP contribution < -0.4 is 5.32 Å². The molecule has 1 aliphatic carbocycles. The Morgan fingerprint density at radius 3 is 2.90 bits per heavy atom. The average molecular weight is 267 g/mol. The Morgan fingerprint density at radius 1 is 1.25 bits per heavy atom. The molecule has 0 bridgehead atoms. The number of hydrogen-bond acceptors (Lipinski definition) is 3. The molecule has 1 N–H and O–H groups in total. The summed E-state index contributed by atoms with van der Waals surface area (Å²) in [5, 5.41) is 3.47. The lowest BCUT2D eigenvalue weighted by Gasteiger charge is -2.31. The van der Waals surface area contributed by atoms with Crippen molar-refractivity contribution in [3.8, 4) is 0 Å². The van der Waals surface area contributed by atoms with E-state index in [0.717, 1.165) is 12.1 Å². The van der Waals surface area contributed by atoms with Gasteiger partial charge in [0.05, 0.1) is 0 Å². The standard InChI is InChI=1S/C17H21N3/c1-12-8-9-14(11-20-12)16(18-2)15-7-3-5-13-6-4-10-19-17(13)15/h4,6,8-11,15-16,18H,3,5,7H2,1-2H3. The summed E-state index contributed by atoms with van der Waals surface area (Å²) in [5.74, 6) is 0.439. The summed E-state index contributed by atoms with van der Waals surface area (Å²) in [6, 6.07) is 8.82. The van der Waals surface area contributed by atoms with Gasteiger partial charge in [0, 0.05) is 35.7 Å². The van der Waals surface area contributed by atoms with Gasteiger partial charge in [0.1, 0.15) is 0 Å². The molecule has 0 amide bonds. The molecule has 0 saturated heterocycles. The molecule has 3 heteroatoms. The first-order valence-electron chi connectivity index (χ1n) is 7.33. The highest BCUT2D eigenvalue weighted by Crippen LogP contribution is 2.38. The van der Waals surface area contributed by atoms with Gasteiger partial charge in [-0.1, -0.05) is 12.1 Å². The molecule has 2 heterocycles. The largest absolute Gasteiger partial charge is 0.312 e. The zero-order chi connectivity index (χ0) is 13.9. The predicted octanol–water partition coefficient (Wildman–Crippen LogP) is 3.17. The molecule has 104 valence electrons. The minimum absolute atomic E-state index is 0.289. The van der Waals surface area contributed by atoms with Crippen LogP contribution in [-0.2, 0) is 6.42 Å². The van der Waals surface area contributed by atoms with Crippen molar-refractivity contribution in [3.05, 3.63) is 59.2 Å².